The Labute approximate surface area is 627 Å². The Bertz CT molecular complexity index is 5050. The van der Waals surface area contributed by atoms with Crippen LogP contribution in [0, 0.1) is 27.7 Å². The number of fused-ring (bicyclic) bond motifs is 8. The van der Waals surface area contributed by atoms with Crippen LogP contribution in [0.1, 0.15) is 95.5 Å². The molecule has 0 spiro atoms. The number of H-pyrrole nitrogens is 2. The minimum absolute atomic E-state index is 0.0666. The van der Waals surface area contributed by atoms with Gasteiger partial charge in [-0.15, -0.1) is 0 Å². The number of hydrogen-bond acceptors (Lipinski definition) is 18. The van der Waals surface area contributed by atoms with Gasteiger partial charge in [0.1, 0.15) is 0 Å². The zero-order chi connectivity index (χ0) is 78.4. The molecule has 0 saturated carbocycles. The van der Waals surface area contributed by atoms with E-state index in [1.807, 2.05) is 101 Å². The number of aryl methyl sites for hydroxylation is 4. The first-order valence-electron chi connectivity index (χ1n) is 33.8. The molecule has 4 atom stereocenters. The lowest BCUT2D eigenvalue weighted by atomic mass is 10.0. The average Bonchev–Trinajstić information content (AvgIpc) is 1.61. The van der Waals surface area contributed by atoms with Crippen LogP contribution >= 0.6 is 0 Å². The smallest absolute Gasteiger partial charge is 0.294 e. The molecule has 10 N–H and O–H groups in total. The molecule has 4 unspecified atom stereocenters. The van der Waals surface area contributed by atoms with Gasteiger partial charge in [0.05, 0.1) is 66.8 Å². The summed E-state index contributed by atoms with van der Waals surface area (Å²) in [5.74, 6) is 0. The molecule has 108 heavy (non-hydrogen) atoms. The maximum absolute atomic E-state index is 10.5. The lowest BCUT2D eigenvalue weighted by molar-refractivity contribution is 0.193. The number of aromatic nitrogens is 8. The van der Waals surface area contributed by atoms with Crippen LogP contribution in [0.25, 0.3) is 90.9 Å². The monoisotopic (exact) mass is 1540 g/mol. The highest BCUT2D eigenvalue weighted by molar-refractivity contribution is 7.86. The summed E-state index contributed by atoms with van der Waals surface area (Å²) in [4.78, 5) is 36.4. The average molecular weight is 1540 g/mol. The van der Waals surface area contributed by atoms with Crippen molar-refractivity contribution in [1.29, 1.82) is 0 Å². The van der Waals surface area contributed by atoms with Crippen LogP contribution in [-0.4, -0.2) is 137 Å². The quantitative estimate of drug-likeness (QED) is 0.0402. The molecule has 4 aromatic carbocycles. The molecule has 562 valence electrons. The van der Waals surface area contributed by atoms with Crippen LogP contribution in [0.15, 0.2) is 214 Å². The second-order valence-corrected chi connectivity index (χ2v) is 31.7. The van der Waals surface area contributed by atoms with E-state index < -0.39 is 64.9 Å². The Morgan fingerprint density at radius 2 is 0.481 bits per heavy atom. The molecule has 8 bridgehead atoms. The fourth-order valence-corrected chi connectivity index (χ4v) is 13.4. The van der Waals surface area contributed by atoms with Crippen molar-refractivity contribution < 1.29 is 72.3 Å². The fourth-order valence-electron chi connectivity index (χ4n) is 11.5. The molecule has 0 amide bonds. The zero-order valence-corrected chi connectivity index (χ0v) is 63.3. The van der Waals surface area contributed by atoms with E-state index in [9.17, 15) is 54.1 Å². The molecule has 28 heteroatoms. The van der Waals surface area contributed by atoms with E-state index in [1.54, 1.807) is 101 Å². The molecule has 9 heterocycles. The molecule has 7 aromatic heterocycles. The van der Waals surface area contributed by atoms with E-state index in [4.69, 9.17) is 28.2 Å². The summed E-state index contributed by atoms with van der Waals surface area (Å²) in [5.41, 5.74) is 19.8. The number of rotatable bonds is 16. The van der Waals surface area contributed by atoms with Gasteiger partial charge >= 0.3 is 0 Å². The van der Waals surface area contributed by atoms with Crippen molar-refractivity contribution >= 4 is 86.8 Å². The van der Waals surface area contributed by atoms with Gasteiger partial charge < -0.3 is 30.4 Å². The topological polar surface area (TPSA) is 407 Å². The molecule has 24 nitrogen and oxygen atoms in total. The number of aliphatic hydroxyl groups is 4. The van der Waals surface area contributed by atoms with E-state index in [0.717, 1.165) is 134 Å². The van der Waals surface area contributed by atoms with Crippen LogP contribution < -0.4 is 0 Å². The number of nitrogens with zero attached hydrogens (tertiary/aromatic N) is 6. The predicted octanol–water partition coefficient (Wildman–Crippen LogP) is 13.6. The summed E-state index contributed by atoms with van der Waals surface area (Å²) in [6.45, 7) is 14.4. The third-order valence-corrected chi connectivity index (χ3v) is 19.9. The predicted molar refractivity (Wildman–Crippen MR) is 417 cm³/mol. The molecule has 2 aliphatic rings. The number of nitrogens with one attached hydrogen (secondary N) is 2. The van der Waals surface area contributed by atoms with E-state index in [-0.39, 0.29) is 19.6 Å². The molecule has 0 radical (unpaired) electrons. The first kappa shape index (κ1) is 81.6. The minimum atomic E-state index is -4.02. The summed E-state index contributed by atoms with van der Waals surface area (Å²) in [6.07, 6.45) is 14.4. The van der Waals surface area contributed by atoms with E-state index in [0.29, 0.717) is 25.7 Å². The molecule has 0 aliphatic carbocycles. The standard InChI is InChI=1S/C52H50N8O4.4C7H8O3S/c1-29(61)21-37-25-33(13-17-53-37)49-41-5-7-43(57-41)50(34-14-18-54-38(26-34)22-30(2)62)45-9-11-47(59-45)52(36-16-20-56-40(28-36)24-32(4)64)48-12-10-46(60-48)51(44-8-6-42(49)58-44)35-15-19-55-39(27-35)23-31(3)63;4*1-6-2-4-7(5-3-6)11(8,9)10/h5-20,25-32,57,60-64H,21-24H2,1-4H3;4*2-5H,1H3,(H,8,9,10). The Hall–Kier alpha value is -10.4. The van der Waals surface area contributed by atoms with Crippen LogP contribution in [0.4, 0.5) is 0 Å². The fraction of sp³-hybridized carbons (Fsp3) is 0.200. The highest BCUT2D eigenvalue weighted by atomic mass is 32.2. The normalized spacial score (nSPS) is 13.0. The van der Waals surface area contributed by atoms with Gasteiger partial charge in [-0.05, 0) is 223 Å². The number of hydrogen-bond donors (Lipinski definition) is 10. The Morgan fingerprint density at radius 1 is 0.296 bits per heavy atom. The van der Waals surface area contributed by atoms with Gasteiger partial charge in [0.15, 0.2) is 0 Å². The van der Waals surface area contributed by atoms with Crippen molar-refractivity contribution in [2.45, 2.75) is 125 Å². The minimum Gasteiger partial charge on any atom is -0.393 e. The van der Waals surface area contributed by atoms with Crippen molar-refractivity contribution in [3.8, 4) is 44.5 Å². The van der Waals surface area contributed by atoms with Gasteiger partial charge in [-0.1, -0.05) is 70.8 Å². The molecular weight excluding hydrogens is 1460 g/mol. The molecule has 2 aliphatic heterocycles. The second kappa shape index (κ2) is 35.5. The lowest BCUT2D eigenvalue weighted by Gasteiger charge is -2.10. The SMILES string of the molecule is CC(O)Cc1cc(-c2c3nc(c(-c4ccnc(CC(C)O)c4)c4ccc([nH]4)c(-c4ccnc(CC(C)O)c4)c4nc(c(-c5ccnc(CC(C)O)c5)c5ccc2[nH]5)C=C4)C=C3)ccn1.Cc1ccc(S(=O)(=O)O)cc1.Cc1ccc(S(=O)(=O)O)cc1.Cc1ccc(S(=O)(=O)O)cc1.Cc1ccc(S(=O)(=O)O)cc1. The van der Waals surface area contributed by atoms with Crippen molar-refractivity contribution in [1.82, 2.24) is 39.9 Å². The van der Waals surface area contributed by atoms with Gasteiger partial charge in [0, 0.05) is 118 Å². The number of aromatic amines is 2. The Kier molecular flexibility index (Phi) is 26.8. The molecule has 13 rings (SSSR count). The van der Waals surface area contributed by atoms with Gasteiger partial charge in [-0.3, -0.25) is 38.1 Å². The maximum atomic E-state index is 10.5. The van der Waals surface area contributed by atoms with Gasteiger partial charge in [0.2, 0.25) is 0 Å². The first-order valence-corrected chi connectivity index (χ1v) is 39.6. The van der Waals surface area contributed by atoms with Gasteiger partial charge in [-0.2, -0.15) is 33.7 Å². The summed E-state index contributed by atoms with van der Waals surface area (Å²) < 4.78 is 118. The van der Waals surface area contributed by atoms with Gasteiger partial charge in [0.25, 0.3) is 40.5 Å². The number of aliphatic hydroxyl groups excluding tert-OH is 4. The van der Waals surface area contributed by atoms with E-state index in [2.05, 4.69) is 54.2 Å². The summed E-state index contributed by atoms with van der Waals surface area (Å²) in [7, 11) is -16.1. The Balaban J connectivity index is 0.000000242. The molecular formula is C80H82N8O16S4. The number of benzene rings is 4. The van der Waals surface area contributed by atoms with Crippen LogP contribution in [-0.2, 0) is 66.2 Å². The van der Waals surface area contributed by atoms with Crippen molar-refractivity contribution in [2.24, 2.45) is 0 Å². The van der Waals surface area contributed by atoms with Crippen molar-refractivity contribution in [2.75, 3.05) is 0 Å². The third kappa shape index (κ3) is 22.8. The second-order valence-electron chi connectivity index (χ2n) is 26.0. The highest BCUT2D eigenvalue weighted by Gasteiger charge is 2.22. The van der Waals surface area contributed by atoms with Crippen LogP contribution in [0.5, 0.6) is 0 Å². The Morgan fingerprint density at radius 3 is 0.648 bits per heavy atom. The zero-order valence-electron chi connectivity index (χ0n) is 60.1. The van der Waals surface area contributed by atoms with E-state index >= 15 is 0 Å². The summed E-state index contributed by atoms with van der Waals surface area (Å²) in [5, 5.41) is 41.4. The summed E-state index contributed by atoms with van der Waals surface area (Å²) >= 11 is 0. The lowest BCUT2D eigenvalue weighted by Crippen LogP contribution is -2.06. The van der Waals surface area contributed by atoms with Gasteiger partial charge in [-0.25, -0.2) is 9.97 Å². The molecule has 0 fully saturated rings. The highest BCUT2D eigenvalue weighted by Crippen LogP contribution is 2.39. The van der Waals surface area contributed by atoms with E-state index in [1.165, 1.54) is 48.5 Å². The van der Waals surface area contributed by atoms with Crippen molar-refractivity contribution in [3.63, 3.8) is 0 Å². The van der Waals surface area contributed by atoms with Crippen molar-refractivity contribution in [3.05, 3.63) is 262 Å². The van der Waals surface area contributed by atoms with Crippen LogP contribution in [0.2, 0.25) is 0 Å². The first-order chi connectivity index (χ1) is 50.9. The third-order valence-electron chi connectivity index (χ3n) is 16.5. The molecule has 0 saturated heterocycles. The largest absolute Gasteiger partial charge is 0.393 e. The molecule has 11 aromatic rings. The number of pyridine rings is 4. The maximum Gasteiger partial charge on any atom is 0.294 e. The summed E-state index contributed by atoms with van der Waals surface area (Å²) in [6, 6.07) is 48.0. The van der Waals surface area contributed by atoms with Crippen LogP contribution in [0.3, 0.4) is 0 Å².